The van der Waals surface area contributed by atoms with Gasteiger partial charge in [-0.05, 0) is 36.0 Å². The van der Waals surface area contributed by atoms with Crippen molar-refractivity contribution < 1.29 is 9.53 Å². The number of aromatic amines is 1. The first-order valence-electron chi connectivity index (χ1n) is 9.74. The molecule has 1 unspecified atom stereocenters. The highest BCUT2D eigenvalue weighted by Gasteiger charge is 2.24. The number of aromatic nitrogens is 1. The predicted molar refractivity (Wildman–Crippen MR) is 107 cm³/mol. The van der Waals surface area contributed by atoms with Gasteiger partial charge in [-0.1, -0.05) is 48.5 Å². The molecule has 0 bridgehead atoms. The van der Waals surface area contributed by atoms with Gasteiger partial charge >= 0.3 is 0 Å². The van der Waals surface area contributed by atoms with Crippen molar-refractivity contribution in [3.05, 3.63) is 71.9 Å². The lowest BCUT2D eigenvalue weighted by atomic mass is 9.98. The Morgan fingerprint density at radius 3 is 2.81 bits per heavy atom. The van der Waals surface area contributed by atoms with Gasteiger partial charge in [-0.25, -0.2) is 0 Å². The fourth-order valence-electron chi connectivity index (χ4n) is 3.90. The molecule has 2 aromatic carbocycles. The third-order valence-electron chi connectivity index (χ3n) is 5.35. The summed E-state index contributed by atoms with van der Waals surface area (Å²) in [4.78, 5) is 18.1. The largest absolute Gasteiger partial charge is 0.376 e. The normalized spacial score (nSPS) is 17.3. The number of nitrogens with one attached hydrogen (secondary N) is 1. The Balaban J connectivity index is 1.30. The van der Waals surface area contributed by atoms with Crippen LogP contribution in [0.3, 0.4) is 0 Å². The van der Waals surface area contributed by atoms with E-state index in [-0.39, 0.29) is 5.91 Å². The van der Waals surface area contributed by atoms with E-state index in [9.17, 15) is 4.79 Å². The molecule has 4 nitrogen and oxygen atoms in total. The fourth-order valence-corrected chi connectivity index (χ4v) is 3.90. The van der Waals surface area contributed by atoms with Crippen LogP contribution in [0.1, 0.15) is 24.0 Å². The van der Waals surface area contributed by atoms with Crippen molar-refractivity contribution in [3.8, 4) is 0 Å². The number of nitrogens with zero attached hydrogens (tertiary/aromatic N) is 1. The quantitative estimate of drug-likeness (QED) is 0.715. The number of hydrogen-bond acceptors (Lipinski definition) is 2. The molecule has 4 rings (SSSR count). The lowest BCUT2D eigenvalue weighted by Crippen LogP contribution is -2.41. The van der Waals surface area contributed by atoms with Gasteiger partial charge in [0, 0.05) is 30.2 Å². The van der Waals surface area contributed by atoms with Crippen LogP contribution >= 0.6 is 0 Å². The first-order valence-corrected chi connectivity index (χ1v) is 9.74. The number of rotatable bonds is 6. The van der Waals surface area contributed by atoms with E-state index in [1.807, 2.05) is 47.5 Å². The third-order valence-corrected chi connectivity index (χ3v) is 5.35. The maximum absolute atomic E-state index is 12.8. The van der Waals surface area contributed by atoms with Crippen molar-refractivity contribution in [2.75, 3.05) is 19.7 Å². The summed E-state index contributed by atoms with van der Waals surface area (Å²) in [6.07, 6.45) is 4.61. The zero-order valence-electron chi connectivity index (χ0n) is 15.6. The molecule has 1 N–H and O–H groups in total. The average molecular weight is 362 g/mol. The van der Waals surface area contributed by atoms with Crippen molar-refractivity contribution in [3.63, 3.8) is 0 Å². The second-order valence-electron chi connectivity index (χ2n) is 7.39. The number of carbonyl (C=O) groups is 1. The molecule has 1 amide bonds. The maximum Gasteiger partial charge on any atom is 0.227 e. The lowest BCUT2D eigenvalue weighted by Gasteiger charge is -2.32. The smallest absolute Gasteiger partial charge is 0.227 e. The van der Waals surface area contributed by atoms with E-state index >= 15 is 0 Å². The standard InChI is InChI=1S/C23H26N2O2/c26-23(13-20-14-24-22-11-5-4-10-21(20)22)25-12-6-9-19(15-25)17-27-16-18-7-2-1-3-8-18/h1-5,7-8,10-11,14,19,24H,6,9,12-13,15-17H2. The highest BCUT2D eigenvalue weighted by Crippen LogP contribution is 2.21. The molecule has 140 valence electrons. The molecule has 4 heteroatoms. The molecule has 0 saturated carbocycles. The van der Waals surface area contributed by atoms with Crippen LogP contribution in [0.25, 0.3) is 10.9 Å². The van der Waals surface area contributed by atoms with Crippen LogP contribution in [0.4, 0.5) is 0 Å². The second kappa shape index (κ2) is 8.40. The van der Waals surface area contributed by atoms with E-state index in [4.69, 9.17) is 4.74 Å². The number of amides is 1. The minimum absolute atomic E-state index is 0.215. The highest BCUT2D eigenvalue weighted by atomic mass is 16.5. The molecule has 1 fully saturated rings. The van der Waals surface area contributed by atoms with Crippen LogP contribution in [0.15, 0.2) is 60.8 Å². The van der Waals surface area contributed by atoms with Crippen molar-refractivity contribution in [1.82, 2.24) is 9.88 Å². The lowest BCUT2D eigenvalue weighted by molar-refractivity contribution is -0.132. The monoisotopic (exact) mass is 362 g/mol. The molecule has 2 heterocycles. The molecule has 27 heavy (non-hydrogen) atoms. The van der Waals surface area contributed by atoms with E-state index in [1.54, 1.807) is 0 Å². The molecule has 1 aliphatic heterocycles. The van der Waals surface area contributed by atoms with E-state index < -0.39 is 0 Å². The zero-order chi connectivity index (χ0) is 18.5. The summed E-state index contributed by atoms with van der Waals surface area (Å²) in [5.41, 5.74) is 3.37. The van der Waals surface area contributed by atoms with Gasteiger partial charge in [0.05, 0.1) is 19.6 Å². The number of H-pyrrole nitrogens is 1. The van der Waals surface area contributed by atoms with Gasteiger partial charge < -0.3 is 14.6 Å². The Morgan fingerprint density at radius 2 is 1.93 bits per heavy atom. The van der Waals surface area contributed by atoms with Crippen molar-refractivity contribution in [2.24, 2.45) is 5.92 Å². The number of benzene rings is 2. The topological polar surface area (TPSA) is 45.3 Å². The summed E-state index contributed by atoms with van der Waals surface area (Å²) in [6.45, 7) is 3.01. The molecule has 1 atom stereocenters. The molecule has 0 spiro atoms. The minimum atomic E-state index is 0.215. The molecule has 0 radical (unpaired) electrons. The zero-order valence-corrected chi connectivity index (χ0v) is 15.6. The van der Waals surface area contributed by atoms with Crippen molar-refractivity contribution in [1.29, 1.82) is 0 Å². The number of fused-ring (bicyclic) bond motifs is 1. The summed E-state index contributed by atoms with van der Waals surface area (Å²) in [7, 11) is 0. The molecule has 0 aliphatic carbocycles. The molecular formula is C23H26N2O2. The van der Waals surface area contributed by atoms with E-state index in [1.165, 1.54) is 5.56 Å². The van der Waals surface area contributed by atoms with Crippen LogP contribution in [-0.2, 0) is 22.6 Å². The molecule has 3 aromatic rings. The Morgan fingerprint density at radius 1 is 1.11 bits per heavy atom. The van der Waals surface area contributed by atoms with Gasteiger partial charge in [-0.15, -0.1) is 0 Å². The number of para-hydroxylation sites is 1. The number of piperidine rings is 1. The maximum atomic E-state index is 12.8. The van der Waals surface area contributed by atoms with E-state index in [2.05, 4.69) is 23.2 Å². The van der Waals surface area contributed by atoms with Crippen LogP contribution in [-0.4, -0.2) is 35.5 Å². The molecular weight excluding hydrogens is 336 g/mol. The Bertz CT molecular complexity index is 888. The van der Waals surface area contributed by atoms with Gasteiger partial charge in [0.1, 0.15) is 0 Å². The average Bonchev–Trinajstić information content (AvgIpc) is 3.12. The van der Waals surface area contributed by atoms with E-state index in [0.717, 1.165) is 42.4 Å². The third kappa shape index (κ3) is 4.40. The molecule has 1 aliphatic rings. The summed E-state index contributed by atoms with van der Waals surface area (Å²) in [5, 5.41) is 1.14. The SMILES string of the molecule is O=C(Cc1c[nH]c2ccccc12)N1CCCC(COCc2ccccc2)C1. The van der Waals surface area contributed by atoms with Gasteiger partial charge in [-0.2, -0.15) is 0 Å². The summed E-state index contributed by atoms with van der Waals surface area (Å²) >= 11 is 0. The number of carbonyl (C=O) groups excluding carboxylic acids is 1. The Hall–Kier alpha value is -2.59. The summed E-state index contributed by atoms with van der Waals surface area (Å²) in [6, 6.07) is 18.4. The van der Waals surface area contributed by atoms with Crippen LogP contribution < -0.4 is 0 Å². The van der Waals surface area contributed by atoms with E-state index in [0.29, 0.717) is 25.6 Å². The first kappa shape index (κ1) is 17.8. The number of hydrogen-bond donors (Lipinski definition) is 1. The highest BCUT2D eigenvalue weighted by molar-refractivity contribution is 5.88. The van der Waals surface area contributed by atoms with Crippen LogP contribution in [0.2, 0.25) is 0 Å². The fraction of sp³-hybridized carbons (Fsp3) is 0.348. The van der Waals surface area contributed by atoms with Crippen LogP contribution in [0.5, 0.6) is 0 Å². The van der Waals surface area contributed by atoms with Crippen molar-refractivity contribution in [2.45, 2.75) is 25.9 Å². The second-order valence-corrected chi connectivity index (χ2v) is 7.39. The molecule has 1 saturated heterocycles. The van der Waals surface area contributed by atoms with Gasteiger partial charge in [0.15, 0.2) is 0 Å². The van der Waals surface area contributed by atoms with Crippen molar-refractivity contribution >= 4 is 16.8 Å². The summed E-state index contributed by atoms with van der Waals surface area (Å²) in [5.74, 6) is 0.641. The predicted octanol–water partition coefficient (Wildman–Crippen LogP) is 4.17. The Kier molecular flexibility index (Phi) is 5.54. The minimum Gasteiger partial charge on any atom is -0.376 e. The number of ether oxygens (including phenoxy) is 1. The van der Waals surface area contributed by atoms with Gasteiger partial charge in [0.2, 0.25) is 5.91 Å². The first-order chi connectivity index (χ1) is 13.3. The summed E-state index contributed by atoms with van der Waals surface area (Å²) < 4.78 is 5.91. The van der Waals surface area contributed by atoms with Gasteiger partial charge in [0.25, 0.3) is 0 Å². The van der Waals surface area contributed by atoms with Crippen LogP contribution in [0, 0.1) is 5.92 Å². The number of likely N-dealkylation sites (tertiary alicyclic amines) is 1. The Labute approximate surface area is 160 Å². The van der Waals surface area contributed by atoms with Gasteiger partial charge in [-0.3, -0.25) is 4.79 Å². The molecule has 1 aromatic heterocycles.